The van der Waals surface area contributed by atoms with Crippen molar-refractivity contribution >= 4 is 29.3 Å². The van der Waals surface area contributed by atoms with Gasteiger partial charge in [0, 0.05) is 24.4 Å². The maximum Gasteiger partial charge on any atom is 0.238 e. The summed E-state index contributed by atoms with van der Waals surface area (Å²) in [7, 11) is 0. The molecule has 1 saturated heterocycles. The summed E-state index contributed by atoms with van der Waals surface area (Å²) < 4.78 is 0. The van der Waals surface area contributed by atoms with Crippen molar-refractivity contribution in [3.63, 3.8) is 0 Å². The summed E-state index contributed by atoms with van der Waals surface area (Å²) in [6, 6.07) is 7.70. The number of piperidine rings is 1. The molecule has 1 fully saturated rings. The standard InChI is InChI=1S/C18H25N3O2S/c1-13-6-9-21(10-7-13)11-8-19-17(22)12-16-18(23)20-14-4-2-3-5-15(14)24-16/h2-5,13,16H,6-12H2,1H3,(H,19,22)(H,20,23). The molecule has 0 aliphatic carbocycles. The predicted octanol–water partition coefficient (Wildman–Crippen LogP) is 2.34. The Labute approximate surface area is 147 Å². The Morgan fingerprint density at radius 2 is 2.08 bits per heavy atom. The van der Waals surface area contributed by atoms with E-state index in [1.54, 1.807) is 0 Å². The SMILES string of the molecule is CC1CCN(CCNC(=O)CC2Sc3ccccc3NC2=O)CC1. The maximum atomic E-state index is 12.1. The molecule has 2 heterocycles. The second kappa shape index (κ2) is 8.03. The molecule has 0 spiro atoms. The molecule has 0 radical (unpaired) electrons. The van der Waals surface area contributed by atoms with E-state index in [0.29, 0.717) is 6.54 Å². The molecule has 24 heavy (non-hydrogen) atoms. The van der Waals surface area contributed by atoms with E-state index >= 15 is 0 Å². The zero-order valence-electron chi connectivity index (χ0n) is 14.1. The fourth-order valence-electron chi connectivity index (χ4n) is 3.11. The Kier molecular flexibility index (Phi) is 5.79. The highest BCUT2D eigenvalue weighted by Crippen LogP contribution is 2.36. The number of nitrogens with zero attached hydrogens (tertiary/aromatic N) is 1. The van der Waals surface area contributed by atoms with Crippen molar-refractivity contribution in [2.45, 2.75) is 36.3 Å². The third-order valence-corrected chi connectivity index (χ3v) is 5.98. The number of nitrogens with one attached hydrogen (secondary N) is 2. The number of amides is 2. The number of anilines is 1. The van der Waals surface area contributed by atoms with Crippen LogP contribution in [0.4, 0.5) is 5.69 Å². The minimum Gasteiger partial charge on any atom is -0.355 e. The highest BCUT2D eigenvalue weighted by Gasteiger charge is 2.28. The van der Waals surface area contributed by atoms with Crippen molar-refractivity contribution in [1.82, 2.24) is 10.2 Å². The fourth-order valence-corrected chi connectivity index (χ4v) is 4.22. The van der Waals surface area contributed by atoms with Crippen molar-refractivity contribution < 1.29 is 9.59 Å². The lowest BCUT2D eigenvalue weighted by Crippen LogP contribution is -2.40. The summed E-state index contributed by atoms with van der Waals surface area (Å²) in [6.07, 6.45) is 2.71. The van der Waals surface area contributed by atoms with Crippen molar-refractivity contribution in [3.05, 3.63) is 24.3 Å². The lowest BCUT2D eigenvalue weighted by Gasteiger charge is -2.30. The summed E-state index contributed by atoms with van der Waals surface area (Å²) in [5.74, 6) is 0.687. The number of hydrogen-bond acceptors (Lipinski definition) is 4. The minimum absolute atomic E-state index is 0.0487. The van der Waals surface area contributed by atoms with Gasteiger partial charge in [-0.15, -0.1) is 11.8 Å². The van der Waals surface area contributed by atoms with Crippen molar-refractivity contribution in [2.75, 3.05) is 31.5 Å². The Bertz CT molecular complexity index is 600. The lowest BCUT2D eigenvalue weighted by molar-refractivity contribution is -0.124. The van der Waals surface area contributed by atoms with Crippen molar-refractivity contribution in [1.29, 1.82) is 0 Å². The number of rotatable bonds is 5. The number of carbonyl (C=O) groups is 2. The summed E-state index contributed by atoms with van der Waals surface area (Å²) in [5, 5.41) is 5.49. The van der Waals surface area contributed by atoms with Crippen LogP contribution in [0, 0.1) is 5.92 Å². The van der Waals surface area contributed by atoms with Gasteiger partial charge in [0.2, 0.25) is 11.8 Å². The number of fused-ring (bicyclic) bond motifs is 1. The highest BCUT2D eigenvalue weighted by atomic mass is 32.2. The van der Waals surface area contributed by atoms with Gasteiger partial charge in [0.15, 0.2) is 0 Å². The van der Waals surface area contributed by atoms with Crippen LogP contribution in [0.3, 0.4) is 0 Å². The molecule has 1 aromatic rings. The van der Waals surface area contributed by atoms with E-state index in [0.717, 1.165) is 36.1 Å². The van der Waals surface area contributed by atoms with Gasteiger partial charge in [0.25, 0.3) is 0 Å². The molecule has 3 rings (SSSR count). The predicted molar refractivity (Wildman–Crippen MR) is 97.2 cm³/mol. The summed E-state index contributed by atoms with van der Waals surface area (Å²) in [4.78, 5) is 27.7. The van der Waals surface area contributed by atoms with Gasteiger partial charge in [0.05, 0.1) is 10.9 Å². The topological polar surface area (TPSA) is 61.4 Å². The summed E-state index contributed by atoms with van der Waals surface area (Å²) >= 11 is 1.47. The molecule has 6 heteroatoms. The van der Waals surface area contributed by atoms with E-state index in [-0.39, 0.29) is 23.5 Å². The first-order chi connectivity index (χ1) is 11.6. The van der Waals surface area contributed by atoms with Crippen LogP contribution in [0.25, 0.3) is 0 Å². The average molecular weight is 347 g/mol. The van der Waals surface area contributed by atoms with Crippen molar-refractivity contribution in [3.8, 4) is 0 Å². The van der Waals surface area contributed by atoms with E-state index in [1.807, 2.05) is 24.3 Å². The minimum atomic E-state index is -0.351. The molecule has 0 saturated carbocycles. The van der Waals surface area contributed by atoms with Crippen LogP contribution in [0.1, 0.15) is 26.2 Å². The zero-order valence-corrected chi connectivity index (χ0v) is 14.9. The van der Waals surface area contributed by atoms with Crippen LogP contribution < -0.4 is 10.6 Å². The van der Waals surface area contributed by atoms with Crippen LogP contribution in [0.5, 0.6) is 0 Å². The highest BCUT2D eigenvalue weighted by molar-refractivity contribution is 8.01. The maximum absolute atomic E-state index is 12.1. The lowest BCUT2D eigenvalue weighted by atomic mass is 9.99. The first-order valence-corrected chi connectivity index (χ1v) is 9.55. The van der Waals surface area contributed by atoms with E-state index in [9.17, 15) is 9.59 Å². The Morgan fingerprint density at radius 1 is 1.33 bits per heavy atom. The molecule has 130 valence electrons. The first kappa shape index (κ1) is 17.3. The van der Waals surface area contributed by atoms with Gasteiger partial charge in [-0.3, -0.25) is 9.59 Å². The number of thioether (sulfide) groups is 1. The first-order valence-electron chi connectivity index (χ1n) is 8.67. The normalized spacial score (nSPS) is 21.9. The molecular weight excluding hydrogens is 322 g/mol. The van der Waals surface area contributed by atoms with E-state index < -0.39 is 0 Å². The fraction of sp³-hybridized carbons (Fsp3) is 0.556. The van der Waals surface area contributed by atoms with Gasteiger partial charge in [-0.2, -0.15) is 0 Å². The Balaban J connectivity index is 1.41. The second-order valence-corrected chi connectivity index (χ2v) is 7.91. The number of hydrogen-bond donors (Lipinski definition) is 2. The number of likely N-dealkylation sites (tertiary alicyclic amines) is 1. The molecule has 5 nitrogen and oxygen atoms in total. The molecule has 2 amide bonds. The molecule has 0 bridgehead atoms. The Hall–Kier alpha value is -1.53. The third-order valence-electron chi connectivity index (χ3n) is 4.70. The molecule has 2 N–H and O–H groups in total. The monoisotopic (exact) mass is 347 g/mol. The van der Waals surface area contributed by atoms with Gasteiger partial charge < -0.3 is 15.5 Å². The van der Waals surface area contributed by atoms with Gasteiger partial charge in [0.1, 0.15) is 0 Å². The summed E-state index contributed by atoms with van der Waals surface area (Å²) in [6.45, 7) is 6.08. The van der Waals surface area contributed by atoms with Crippen LogP contribution in [0.2, 0.25) is 0 Å². The van der Waals surface area contributed by atoms with E-state index in [2.05, 4.69) is 22.5 Å². The van der Waals surface area contributed by atoms with Gasteiger partial charge >= 0.3 is 0 Å². The van der Waals surface area contributed by atoms with Gasteiger partial charge in [-0.1, -0.05) is 19.1 Å². The third kappa shape index (κ3) is 4.51. The molecule has 1 unspecified atom stereocenters. The van der Waals surface area contributed by atoms with E-state index in [4.69, 9.17) is 0 Å². The molecule has 2 aliphatic rings. The second-order valence-electron chi connectivity index (χ2n) is 6.67. The molecule has 1 aromatic carbocycles. The summed E-state index contributed by atoms with van der Waals surface area (Å²) in [5.41, 5.74) is 0.837. The number of carbonyl (C=O) groups excluding carboxylic acids is 2. The average Bonchev–Trinajstić information content (AvgIpc) is 2.57. The molecular formula is C18H25N3O2S. The largest absolute Gasteiger partial charge is 0.355 e. The van der Waals surface area contributed by atoms with Crippen LogP contribution in [0.15, 0.2) is 29.2 Å². The molecule has 0 aromatic heterocycles. The Morgan fingerprint density at radius 3 is 2.88 bits per heavy atom. The van der Waals surface area contributed by atoms with Gasteiger partial charge in [-0.05, 0) is 44.0 Å². The van der Waals surface area contributed by atoms with Gasteiger partial charge in [-0.25, -0.2) is 0 Å². The van der Waals surface area contributed by atoms with Crippen LogP contribution in [-0.2, 0) is 9.59 Å². The van der Waals surface area contributed by atoms with E-state index in [1.165, 1.54) is 24.6 Å². The number of para-hydroxylation sites is 1. The zero-order chi connectivity index (χ0) is 16.9. The number of benzene rings is 1. The van der Waals surface area contributed by atoms with Crippen molar-refractivity contribution in [2.24, 2.45) is 5.92 Å². The quantitative estimate of drug-likeness (QED) is 0.858. The van der Waals surface area contributed by atoms with Crippen LogP contribution in [-0.4, -0.2) is 48.1 Å². The molecule has 1 atom stereocenters. The van der Waals surface area contributed by atoms with Crippen LogP contribution >= 0.6 is 11.8 Å². The molecule has 2 aliphatic heterocycles. The smallest absolute Gasteiger partial charge is 0.238 e.